The summed E-state index contributed by atoms with van der Waals surface area (Å²) in [6.45, 7) is 3.89. The number of rotatable bonds is 7. The zero-order chi connectivity index (χ0) is 21.7. The summed E-state index contributed by atoms with van der Waals surface area (Å²) < 4.78 is 6.65. The van der Waals surface area contributed by atoms with Crippen molar-refractivity contribution in [2.24, 2.45) is 0 Å². The van der Waals surface area contributed by atoms with Gasteiger partial charge in [0.25, 0.3) is 5.91 Å². The number of likely N-dealkylation sites (N-methyl/N-ethyl adjacent to an activating group) is 1. The molecule has 0 saturated carbocycles. The van der Waals surface area contributed by atoms with Gasteiger partial charge in [0.15, 0.2) is 6.61 Å². The SMILES string of the molecule is CNC(=O)[C@H](C)N(Cc1cccc(C)c1)C(=O)COc1ccc2ccccc2c1Br. The molecule has 0 saturated heterocycles. The second-order valence-corrected chi connectivity index (χ2v) is 7.98. The maximum Gasteiger partial charge on any atom is 0.261 e. The fourth-order valence-electron chi connectivity index (χ4n) is 3.35. The third kappa shape index (κ3) is 5.00. The third-order valence-electron chi connectivity index (χ3n) is 5.03. The Bertz CT molecular complexity index is 1070. The van der Waals surface area contributed by atoms with Crippen LogP contribution in [-0.4, -0.2) is 36.4 Å². The maximum absolute atomic E-state index is 13.0. The van der Waals surface area contributed by atoms with Gasteiger partial charge in [0.2, 0.25) is 5.91 Å². The number of amides is 2. The lowest BCUT2D eigenvalue weighted by Crippen LogP contribution is -2.48. The Morgan fingerprint density at radius 1 is 1.10 bits per heavy atom. The zero-order valence-corrected chi connectivity index (χ0v) is 18.9. The van der Waals surface area contributed by atoms with Gasteiger partial charge in [0.05, 0.1) is 4.47 Å². The van der Waals surface area contributed by atoms with Gasteiger partial charge in [-0.25, -0.2) is 0 Å². The van der Waals surface area contributed by atoms with Gasteiger partial charge in [-0.05, 0) is 52.2 Å². The molecule has 0 spiro atoms. The van der Waals surface area contributed by atoms with E-state index < -0.39 is 6.04 Å². The number of carbonyl (C=O) groups excluding carboxylic acids is 2. The minimum atomic E-state index is -0.619. The van der Waals surface area contributed by atoms with E-state index in [1.807, 2.05) is 67.6 Å². The highest BCUT2D eigenvalue weighted by molar-refractivity contribution is 9.10. The Balaban J connectivity index is 1.79. The van der Waals surface area contributed by atoms with Crippen LogP contribution >= 0.6 is 15.9 Å². The summed E-state index contributed by atoms with van der Waals surface area (Å²) >= 11 is 3.58. The van der Waals surface area contributed by atoms with Crippen LogP contribution in [0, 0.1) is 6.92 Å². The van der Waals surface area contributed by atoms with Crippen molar-refractivity contribution in [3.8, 4) is 5.75 Å². The molecule has 5 nitrogen and oxygen atoms in total. The quantitative estimate of drug-likeness (QED) is 0.556. The minimum absolute atomic E-state index is 0.163. The molecular formula is C24H25BrN2O3. The lowest BCUT2D eigenvalue weighted by Gasteiger charge is -2.28. The number of benzene rings is 3. The number of halogens is 1. The molecule has 0 aliphatic heterocycles. The largest absolute Gasteiger partial charge is 0.483 e. The Morgan fingerprint density at radius 3 is 2.60 bits per heavy atom. The molecule has 3 aromatic carbocycles. The Kier molecular flexibility index (Phi) is 7.11. The number of hydrogen-bond acceptors (Lipinski definition) is 3. The number of hydrogen-bond donors (Lipinski definition) is 1. The Hall–Kier alpha value is -2.86. The normalized spacial score (nSPS) is 11.7. The van der Waals surface area contributed by atoms with Gasteiger partial charge in [-0.1, -0.05) is 60.2 Å². The third-order valence-corrected chi connectivity index (χ3v) is 5.85. The molecule has 1 N–H and O–H groups in total. The average molecular weight is 469 g/mol. The first-order valence-corrected chi connectivity index (χ1v) is 10.6. The number of nitrogens with one attached hydrogen (secondary N) is 1. The average Bonchev–Trinajstić information content (AvgIpc) is 2.76. The van der Waals surface area contributed by atoms with Crippen molar-refractivity contribution in [1.82, 2.24) is 10.2 Å². The van der Waals surface area contributed by atoms with Crippen LogP contribution in [0.25, 0.3) is 10.8 Å². The number of fused-ring (bicyclic) bond motifs is 1. The van der Waals surface area contributed by atoms with E-state index >= 15 is 0 Å². The van der Waals surface area contributed by atoms with E-state index in [0.717, 1.165) is 26.4 Å². The highest BCUT2D eigenvalue weighted by atomic mass is 79.9. The van der Waals surface area contributed by atoms with Crippen molar-refractivity contribution in [3.63, 3.8) is 0 Å². The van der Waals surface area contributed by atoms with Crippen molar-refractivity contribution < 1.29 is 14.3 Å². The molecule has 3 aromatic rings. The lowest BCUT2D eigenvalue weighted by molar-refractivity contribution is -0.142. The molecule has 0 aliphatic rings. The van der Waals surface area contributed by atoms with Crippen LogP contribution in [0.1, 0.15) is 18.1 Å². The van der Waals surface area contributed by atoms with Gasteiger partial charge < -0.3 is 15.0 Å². The molecule has 3 rings (SSSR count). The number of ether oxygens (including phenoxy) is 1. The molecule has 0 radical (unpaired) electrons. The second-order valence-electron chi connectivity index (χ2n) is 7.19. The van der Waals surface area contributed by atoms with E-state index in [1.54, 1.807) is 18.9 Å². The summed E-state index contributed by atoms with van der Waals surface area (Å²) in [6.07, 6.45) is 0. The molecule has 0 aromatic heterocycles. The molecular weight excluding hydrogens is 444 g/mol. The molecule has 0 unspecified atom stereocenters. The van der Waals surface area contributed by atoms with Crippen molar-refractivity contribution in [2.45, 2.75) is 26.4 Å². The van der Waals surface area contributed by atoms with E-state index in [9.17, 15) is 9.59 Å². The Labute approximate surface area is 185 Å². The van der Waals surface area contributed by atoms with Crippen LogP contribution < -0.4 is 10.1 Å². The van der Waals surface area contributed by atoms with Crippen molar-refractivity contribution >= 4 is 38.5 Å². The predicted octanol–water partition coefficient (Wildman–Crippen LogP) is 4.45. The first kappa shape index (κ1) is 21.8. The molecule has 0 bridgehead atoms. The topological polar surface area (TPSA) is 58.6 Å². The lowest BCUT2D eigenvalue weighted by atomic mass is 10.1. The summed E-state index contributed by atoms with van der Waals surface area (Å²) in [7, 11) is 1.57. The van der Waals surface area contributed by atoms with Gasteiger partial charge in [-0.3, -0.25) is 9.59 Å². The van der Waals surface area contributed by atoms with Crippen molar-refractivity contribution in [2.75, 3.05) is 13.7 Å². The van der Waals surface area contributed by atoms with Crippen LogP contribution in [-0.2, 0) is 16.1 Å². The molecule has 6 heteroatoms. The summed E-state index contributed by atoms with van der Waals surface area (Å²) in [5.74, 6) is 0.112. The van der Waals surface area contributed by atoms with E-state index in [-0.39, 0.29) is 18.4 Å². The molecule has 2 amide bonds. The van der Waals surface area contributed by atoms with Crippen LogP contribution in [0.15, 0.2) is 65.1 Å². The summed E-state index contributed by atoms with van der Waals surface area (Å²) in [5, 5.41) is 4.71. The van der Waals surface area contributed by atoms with Crippen molar-refractivity contribution in [3.05, 3.63) is 76.3 Å². The second kappa shape index (κ2) is 9.76. The molecule has 0 heterocycles. The summed E-state index contributed by atoms with van der Waals surface area (Å²) in [6, 6.07) is 19.0. The zero-order valence-electron chi connectivity index (χ0n) is 17.3. The first-order chi connectivity index (χ1) is 14.4. The van der Waals surface area contributed by atoms with Gasteiger partial charge in [0.1, 0.15) is 11.8 Å². The first-order valence-electron chi connectivity index (χ1n) is 9.77. The number of carbonyl (C=O) groups is 2. The molecule has 0 fully saturated rings. The van der Waals surface area contributed by atoms with Crippen LogP contribution in [0.3, 0.4) is 0 Å². The van der Waals surface area contributed by atoms with E-state index in [0.29, 0.717) is 12.3 Å². The smallest absolute Gasteiger partial charge is 0.261 e. The summed E-state index contributed by atoms with van der Waals surface area (Å²) in [4.78, 5) is 26.8. The van der Waals surface area contributed by atoms with Gasteiger partial charge in [-0.15, -0.1) is 0 Å². The van der Waals surface area contributed by atoms with Crippen LogP contribution in [0.4, 0.5) is 0 Å². The highest BCUT2D eigenvalue weighted by Gasteiger charge is 2.26. The standard InChI is InChI=1S/C24H25BrN2O3/c1-16-7-6-8-18(13-16)14-27(17(2)24(29)26-3)22(28)15-30-21-12-11-19-9-4-5-10-20(19)23(21)25/h4-13,17H,14-15H2,1-3H3,(H,26,29)/t17-/m0/s1. The fraction of sp³-hybridized carbons (Fsp3) is 0.250. The Morgan fingerprint density at radius 2 is 1.87 bits per heavy atom. The molecule has 0 aliphatic carbocycles. The van der Waals surface area contributed by atoms with E-state index in [1.165, 1.54) is 0 Å². The number of aryl methyl sites for hydroxylation is 1. The van der Waals surface area contributed by atoms with Gasteiger partial charge in [0, 0.05) is 13.6 Å². The molecule has 156 valence electrons. The minimum Gasteiger partial charge on any atom is -0.483 e. The van der Waals surface area contributed by atoms with Crippen molar-refractivity contribution in [1.29, 1.82) is 0 Å². The van der Waals surface area contributed by atoms with E-state index in [2.05, 4.69) is 21.2 Å². The highest BCUT2D eigenvalue weighted by Crippen LogP contribution is 2.33. The maximum atomic E-state index is 13.0. The van der Waals surface area contributed by atoms with E-state index in [4.69, 9.17) is 4.74 Å². The number of nitrogens with zero attached hydrogens (tertiary/aromatic N) is 1. The predicted molar refractivity (Wildman–Crippen MR) is 122 cm³/mol. The fourth-order valence-corrected chi connectivity index (χ4v) is 3.95. The van der Waals surface area contributed by atoms with Crippen LogP contribution in [0.5, 0.6) is 5.75 Å². The van der Waals surface area contributed by atoms with Gasteiger partial charge >= 0.3 is 0 Å². The van der Waals surface area contributed by atoms with Crippen LogP contribution in [0.2, 0.25) is 0 Å². The molecule has 30 heavy (non-hydrogen) atoms. The monoisotopic (exact) mass is 468 g/mol. The van der Waals surface area contributed by atoms with Gasteiger partial charge in [-0.2, -0.15) is 0 Å². The molecule has 1 atom stereocenters. The summed E-state index contributed by atoms with van der Waals surface area (Å²) in [5.41, 5.74) is 2.06.